The molecule has 2 aromatic carbocycles. The van der Waals surface area contributed by atoms with Crippen molar-refractivity contribution in [3.63, 3.8) is 0 Å². The maximum absolute atomic E-state index is 13.1. The van der Waals surface area contributed by atoms with Gasteiger partial charge in [-0.1, -0.05) is 13.3 Å². The van der Waals surface area contributed by atoms with E-state index >= 15 is 0 Å². The van der Waals surface area contributed by atoms with E-state index in [1.165, 1.54) is 28.9 Å². The summed E-state index contributed by atoms with van der Waals surface area (Å²) in [6, 6.07) is 12.0. The Morgan fingerprint density at radius 3 is 2.76 bits per heavy atom. The highest BCUT2D eigenvalue weighted by Crippen LogP contribution is 2.37. The molecule has 1 atom stereocenters. The van der Waals surface area contributed by atoms with Crippen LogP contribution in [0, 0.1) is 11.7 Å². The van der Waals surface area contributed by atoms with Gasteiger partial charge < -0.3 is 14.6 Å². The highest BCUT2D eigenvalue weighted by molar-refractivity contribution is 5.97. The summed E-state index contributed by atoms with van der Waals surface area (Å²) in [5.74, 6) is 0.929. The van der Waals surface area contributed by atoms with E-state index in [1.807, 2.05) is 6.07 Å². The van der Waals surface area contributed by atoms with Crippen LogP contribution in [-0.2, 0) is 6.42 Å². The van der Waals surface area contributed by atoms with Crippen molar-refractivity contribution in [1.82, 2.24) is 4.98 Å². The van der Waals surface area contributed by atoms with Gasteiger partial charge in [0, 0.05) is 41.7 Å². The van der Waals surface area contributed by atoms with Gasteiger partial charge in [0.25, 0.3) is 0 Å². The van der Waals surface area contributed by atoms with E-state index in [2.05, 4.69) is 28.9 Å². The number of rotatable bonds is 7. The Hall–Kier alpha value is -2.82. The van der Waals surface area contributed by atoms with Gasteiger partial charge in [0.2, 0.25) is 0 Å². The van der Waals surface area contributed by atoms with Crippen molar-refractivity contribution in [2.24, 2.45) is 5.92 Å². The molecule has 0 spiro atoms. The van der Waals surface area contributed by atoms with Crippen molar-refractivity contribution in [2.45, 2.75) is 32.6 Å². The summed E-state index contributed by atoms with van der Waals surface area (Å²) < 4.78 is 18.6. The average molecular weight is 394 g/mol. The van der Waals surface area contributed by atoms with Gasteiger partial charge in [-0.2, -0.15) is 0 Å². The predicted octanol–water partition coefficient (Wildman–Crippen LogP) is 5.37. The average Bonchev–Trinajstić information content (AvgIpc) is 3.31. The Balaban J connectivity index is 1.55. The Labute approximate surface area is 170 Å². The third-order valence-corrected chi connectivity index (χ3v) is 5.80. The molecule has 0 amide bonds. The molecule has 29 heavy (non-hydrogen) atoms. The normalized spacial score (nSPS) is 16.5. The minimum Gasteiger partial charge on any atom is -0.497 e. The summed E-state index contributed by atoms with van der Waals surface area (Å²) >= 11 is 0. The van der Waals surface area contributed by atoms with Crippen LogP contribution in [-0.4, -0.2) is 31.0 Å². The van der Waals surface area contributed by atoms with E-state index in [1.54, 1.807) is 19.2 Å². The van der Waals surface area contributed by atoms with Crippen LogP contribution >= 0.6 is 0 Å². The van der Waals surface area contributed by atoms with Crippen molar-refractivity contribution in [3.05, 3.63) is 59.5 Å². The maximum Gasteiger partial charge on any atom is 0.163 e. The van der Waals surface area contributed by atoms with E-state index in [-0.39, 0.29) is 11.6 Å². The molecule has 1 aliphatic heterocycles. The third kappa shape index (κ3) is 4.00. The lowest BCUT2D eigenvalue weighted by Gasteiger charge is -2.20. The van der Waals surface area contributed by atoms with Gasteiger partial charge in [0.15, 0.2) is 5.78 Å². The molecular weight excluding hydrogens is 367 g/mol. The van der Waals surface area contributed by atoms with Gasteiger partial charge in [-0.05, 0) is 61.2 Å². The minimum atomic E-state index is -0.313. The third-order valence-electron chi connectivity index (χ3n) is 5.80. The summed E-state index contributed by atoms with van der Waals surface area (Å²) in [4.78, 5) is 18.6. The van der Waals surface area contributed by atoms with Crippen molar-refractivity contribution >= 4 is 22.4 Å². The number of Topliss-reactive ketones (excluding diaryl/α,β-unsaturated/α-hetero) is 1. The van der Waals surface area contributed by atoms with Crippen LogP contribution in [0.25, 0.3) is 10.9 Å². The topological polar surface area (TPSA) is 45.3 Å². The van der Waals surface area contributed by atoms with E-state index in [9.17, 15) is 9.18 Å². The Bertz CT molecular complexity index is 1010. The number of H-pyrrole nitrogens is 1. The molecular formula is C24H27FN2O2. The first kappa shape index (κ1) is 19.5. The molecule has 4 rings (SSSR count). The van der Waals surface area contributed by atoms with Gasteiger partial charge in [0.05, 0.1) is 12.8 Å². The van der Waals surface area contributed by atoms with Crippen LogP contribution < -0.4 is 9.64 Å². The van der Waals surface area contributed by atoms with Crippen LogP contribution in [0.2, 0.25) is 0 Å². The number of hydrogen-bond donors (Lipinski definition) is 1. The first-order chi connectivity index (χ1) is 14.1. The zero-order valence-electron chi connectivity index (χ0n) is 17.0. The Morgan fingerprint density at radius 2 is 2.03 bits per heavy atom. The number of anilines is 1. The number of aromatic amines is 1. The highest BCUT2D eigenvalue weighted by atomic mass is 19.1. The molecule has 0 bridgehead atoms. The number of carbonyl (C=O) groups excluding carboxylic acids is 1. The number of benzene rings is 2. The van der Waals surface area contributed by atoms with Crippen LogP contribution in [0.15, 0.2) is 42.5 Å². The fraction of sp³-hybridized carbons (Fsp3) is 0.375. The lowest BCUT2D eigenvalue weighted by atomic mass is 9.97. The first-order valence-corrected chi connectivity index (χ1v) is 10.3. The van der Waals surface area contributed by atoms with Crippen LogP contribution in [0.5, 0.6) is 5.75 Å². The van der Waals surface area contributed by atoms with Gasteiger partial charge in [-0.25, -0.2) is 4.39 Å². The number of fused-ring (bicyclic) bond motifs is 1. The molecule has 0 saturated carbocycles. The molecule has 152 valence electrons. The summed E-state index contributed by atoms with van der Waals surface area (Å²) in [7, 11) is 1.69. The number of halogens is 1. The number of nitrogens with zero attached hydrogens (tertiary/aromatic N) is 1. The fourth-order valence-corrected chi connectivity index (χ4v) is 4.35. The number of ketones is 1. The van der Waals surface area contributed by atoms with Crippen LogP contribution in [0.3, 0.4) is 0 Å². The smallest absolute Gasteiger partial charge is 0.163 e. The van der Waals surface area contributed by atoms with Crippen molar-refractivity contribution in [1.29, 1.82) is 0 Å². The van der Waals surface area contributed by atoms with Crippen molar-refractivity contribution in [2.75, 3.05) is 25.1 Å². The summed E-state index contributed by atoms with van der Waals surface area (Å²) in [5.41, 5.74) is 4.21. The number of aryl methyl sites for hydroxylation is 1. The molecule has 4 nitrogen and oxygen atoms in total. The molecule has 1 aliphatic rings. The van der Waals surface area contributed by atoms with Gasteiger partial charge >= 0.3 is 0 Å². The van der Waals surface area contributed by atoms with Gasteiger partial charge in [0.1, 0.15) is 11.6 Å². The van der Waals surface area contributed by atoms with E-state index in [0.29, 0.717) is 17.9 Å². The van der Waals surface area contributed by atoms with E-state index in [0.717, 1.165) is 43.6 Å². The zero-order chi connectivity index (χ0) is 20.4. The molecule has 3 aromatic rings. The molecule has 1 aromatic heterocycles. The van der Waals surface area contributed by atoms with E-state index < -0.39 is 0 Å². The summed E-state index contributed by atoms with van der Waals surface area (Å²) in [6.45, 7) is 3.97. The van der Waals surface area contributed by atoms with E-state index in [4.69, 9.17) is 4.74 Å². The quantitative estimate of drug-likeness (QED) is 0.548. The van der Waals surface area contributed by atoms with Gasteiger partial charge in [-0.3, -0.25) is 4.79 Å². The largest absolute Gasteiger partial charge is 0.497 e. The first-order valence-electron chi connectivity index (χ1n) is 10.3. The number of methoxy groups -OCH3 is 1. The second-order valence-electron chi connectivity index (χ2n) is 7.85. The van der Waals surface area contributed by atoms with Gasteiger partial charge in [-0.15, -0.1) is 0 Å². The van der Waals surface area contributed by atoms with Crippen molar-refractivity contribution < 1.29 is 13.9 Å². The zero-order valence-corrected chi connectivity index (χ0v) is 17.0. The SMILES string of the molecule is CCCc1[nH]c2ccc(OC)cc2c1N1CCC(CC(=O)c2ccc(F)cc2)C1. The lowest BCUT2D eigenvalue weighted by molar-refractivity contribution is 0.0965. The molecule has 2 heterocycles. The van der Waals surface area contributed by atoms with Crippen LogP contribution in [0.1, 0.15) is 42.2 Å². The molecule has 1 saturated heterocycles. The molecule has 1 unspecified atom stereocenters. The number of ether oxygens (including phenoxy) is 1. The Morgan fingerprint density at radius 1 is 1.24 bits per heavy atom. The second kappa shape index (κ2) is 8.27. The summed E-state index contributed by atoms with van der Waals surface area (Å²) in [5, 5.41) is 1.18. The number of nitrogens with one attached hydrogen (secondary N) is 1. The molecule has 1 N–H and O–H groups in total. The molecule has 0 radical (unpaired) electrons. The fourth-order valence-electron chi connectivity index (χ4n) is 4.35. The monoisotopic (exact) mass is 394 g/mol. The standard InChI is InChI=1S/C24H27FN2O2/c1-3-4-22-24(20-14-19(29-2)9-10-21(20)26-22)27-12-11-16(15-27)13-23(28)17-5-7-18(25)8-6-17/h5-10,14,16,26H,3-4,11-13,15H2,1-2H3. The van der Waals surface area contributed by atoms with Crippen LogP contribution in [0.4, 0.5) is 10.1 Å². The minimum absolute atomic E-state index is 0.0891. The molecule has 5 heteroatoms. The second-order valence-corrected chi connectivity index (χ2v) is 7.85. The number of aromatic nitrogens is 1. The van der Waals surface area contributed by atoms with Crippen molar-refractivity contribution in [3.8, 4) is 5.75 Å². The number of hydrogen-bond acceptors (Lipinski definition) is 3. The molecule has 0 aliphatic carbocycles. The lowest BCUT2D eigenvalue weighted by Crippen LogP contribution is -2.21. The highest BCUT2D eigenvalue weighted by Gasteiger charge is 2.28. The Kier molecular flexibility index (Phi) is 5.56. The summed E-state index contributed by atoms with van der Waals surface area (Å²) in [6.07, 6.45) is 3.53. The predicted molar refractivity (Wildman–Crippen MR) is 115 cm³/mol. The number of carbonyl (C=O) groups is 1. The molecule has 1 fully saturated rings. The maximum atomic E-state index is 13.1.